The summed E-state index contributed by atoms with van der Waals surface area (Å²) in [4.78, 5) is 40.8. The summed E-state index contributed by atoms with van der Waals surface area (Å²) in [5.74, 6) is -2.02. The van der Waals surface area contributed by atoms with Crippen molar-refractivity contribution in [2.24, 2.45) is 5.41 Å². The molecule has 0 bridgehead atoms. The Morgan fingerprint density at radius 1 is 1.43 bits per heavy atom. The highest BCUT2D eigenvalue weighted by molar-refractivity contribution is 5.91. The monoisotopic (exact) mass is 393 g/mol. The third-order valence-electron chi connectivity index (χ3n) is 4.61. The molecule has 1 aromatic carbocycles. The zero-order chi connectivity index (χ0) is 20.7. The number of carbonyl (C=O) groups excluding carboxylic acids is 1. The van der Waals surface area contributed by atoms with Gasteiger partial charge in [0.2, 0.25) is 0 Å². The van der Waals surface area contributed by atoms with Crippen molar-refractivity contribution in [2.75, 3.05) is 13.1 Å². The largest absolute Gasteiger partial charge is 0.483 e. The third-order valence-corrected chi connectivity index (χ3v) is 4.61. The Bertz CT molecular complexity index is 828. The van der Waals surface area contributed by atoms with Crippen molar-refractivity contribution in [1.82, 2.24) is 14.9 Å². The molecule has 2 aromatic rings. The summed E-state index contributed by atoms with van der Waals surface area (Å²) in [6.45, 7) is -0.210. The maximum atomic E-state index is 13.4. The van der Waals surface area contributed by atoms with Crippen molar-refractivity contribution in [1.29, 1.82) is 0 Å². The lowest BCUT2D eigenvalue weighted by Gasteiger charge is -2.43. The van der Waals surface area contributed by atoms with Crippen molar-refractivity contribution in [2.45, 2.75) is 18.9 Å². The number of carboxylic acid groups (broad SMARTS) is 2. The van der Waals surface area contributed by atoms with Gasteiger partial charge in [0.1, 0.15) is 11.2 Å². The number of aliphatic hydroxyl groups is 1. The quantitative estimate of drug-likeness (QED) is 0.562. The van der Waals surface area contributed by atoms with Gasteiger partial charge < -0.3 is 25.2 Å². The first-order valence-electron chi connectivity index (χ1n) is 8.36. The van der Waals surface area contributed by atoms with Gasteiger partial charge >= 0.3 is 5.97 Å². The number of aliphatic carboxylic acids is 1. The van der Waals surface area contributed by atoms with Crippen LogP contribution in [-0.4, -0.2) is 67.7 Å². The number of rotatable bonds is 4. The number of nitrogens with zero attached hydrogens (tertiary/aromatic N) is 2. The number of aromatic nitrogens is 2. The Balaban J connectivity index is 0.000000878. The van der Waals surface area contributed by atoms with Gasteiger partial charge in [-0.25, -0.2) is 9.37 Å². The summed E-state index contributed by atoms with van der Waals surface area (Å²) in [7, 11) is 0. The van der Waals surface area contributed by atoms with E-state index in [1.807, 2.05) is 0 Å². The van der Waals surface area contributed by atoms with E-state index < -0.39 is 29.2 Å². The van der Waals surface area contributed by atoms with Crippen LogP contribution in [0, 0.1) is 11.2 Å². The van der Waals surface area contributed by atoms with Crippen LogP contribution in [0.5, 0.6) is 0 Å². The van der Waals surface area contributed by atoms with Crippen molar-refractivity contribution < 1.29 is 34.1 Å². The molecule has 3 rings (SSSR count). The van der Waals surface area contributed by atoms with E-state index in [-0.39, 0.29) is 38.2 Å². The predicted molar refractivity (Wildman–Crippen MR) is 94.0 cm³/mol. The molecule has 1 fully saturated rings. The molecule has 28 heavy (non-hydrogen) atoms. The number of carbonyl (C=O) groups is 3. The molecule has 0 radical (unpaired) electrons. The average molecular weight is 393 g/mol. The number of piperidine rings is 1. The minimum atomic E-state index is -1.60. The number of benzene rings is 1. The third kappa shape index (κ3) is 4.52. The van der Waals surface area contributed by atoms with Crippen molar-refractivity contribution in [3.63, 3.8) is 0 Å². The topological polar surface area (TPSA) is 144 Å². The summed E-state index contributed by atoms with van der Waals surface area (Å²) in [6.07, 6.45) is 1.83. The van der Waals surface area contributed by atoms with Crippen LogP contribution in [0.25, 0.3) is 0 Å². The number of hydrogen-bond donors (Lipinski definition) is 4. The van der Waals surface area contributed by atoms with E-state index in [0.29, 0.717) is 5.56 Å². The summed E-state index contributed by atoms with van der Waals surface area (Å²) < 4.78 is 13.4. The molecule has 1 amide bonds. The van der Waals surface area contributed by atoms with Gasteiger partial charge in [0.05, 0.1) is 6.10 Å². The van der Waals surface area contributed by atoms with Crippen molar-refractivity contribution in [3.05, 3.63) is 53.9 Å². The van der Waals surface area contributed by atoms with Crippen LogP contribution >= 0.6 is 0 Å². The molecule has 1 aromatic heterocycles. The molecule has 0 saturated carbocycles. The van der Waals surface area contributed by atoms with Gasteiger partial charge in [-0.05, 0) is 30.5 Å². The fraction of sp³-hybridized carbons (Fsp3) is 0.333. The van der Waals surface area contributed by atoms with E-state index >= 15 is 0 Å². The van der Waals surface area contributed by atoms with Crippen LogP contribution in [0.4, 0.5) is 4.39 Å². The van der Waals surface area contributed by atoms with Gasteiger partial charge in [0, 0.05) is 25.5 Å². The molecule has 2 atom stereocenters. The molecule has 10 heteroatoms. The SMILES string of the molecule is O=C(c1ncc[nH]1)N1CC[C@H](O)[C@](Cc2cccc(F)c2)(C(=O)O)C1.O=CO. The molecule has 0 unspecified atom stereocenters. The van der Waals surface area contributed by atoms with Gasteiger partial charge in [0.25, 0.3) is 12.4 Å². The number of aromatic amines is 1. The lowest BCUT2D eigenvalue weighted by molar-refractivity contribution is -0.161. The first-order chi connectivity index (χ1) is 13.3. The van der Waals surface area contributed by atoms with Crippen LogP contribution < -0.4 is 0 Å². The molecule has 0 aliphatic carbocycles. The minimum Gasteiger partial charge on any atom is -0.483 e. The zero-order valence-corrected chi connectivity index (χ0v) is 14.8. The number of carboxylic acids is 1. The molecule has 0 spiro atoms. The maximum Gasteiger partial charge on any atom is 0.314 e. The van der Waals surface area contributed by atoms with Crippen LogP contribution in [0.2, 0.25) is 0 Å². The Morgan fingerprint density at radius 2 is 2.14 bits per heavy atom. The fourth-order valence-corrected chi connectivity index (χ4v) is 3.26. The van der Waals surface area contributed by atoms with Crippen LogP contribution in [0.1, 0.15) is 22.6 Å². The Kier molecular flexibility index (Phi) is 6.83. The minimum absolute atomic E-state index is 0.0802. The summed E-state index contributed by atoms with van der Waals surface area (Å²) in [6, 6.07) is 5.60. The number of hydrogen-bond acceptors (Lipinski definition) is 5. The molecule has 9 nitrogen and oxygen atoms in total. The number of likely N-dealkylation sites (tertiary alicyclic amines) is 1. The van der Waals surface area contributed by atoms with Crippen LogP contribution in [-0.2, 0) is 16.0 Å². The predicted octanol–water partition coefficient (Wildman–Crippen LogP) is 0.770. The van der Waals surface area contributed by atoms with E-state index in [9.17, 15) is 24.2 Å². The molecule has 1 saturated heterocycles. The van der Waals surface area contributed by atoms with Crippen LogP contribution in [0.3, 0.4) is 0 Å². The number of amides is 1. The average Bonchev–Trinajstić information content (AvgIpc) is 3.18. The van der Waals surface area contributed by atoms with E-state index in [2.05, 4.69) is 9.97 Å². The van der Waals surface area contributed by atoms with E-state index in [4.69, 9.17) is 9.90 Å². The number of aliphatic hydroxyl groups excluding tert-OH is 1. The van der Waals surface area contributed by atoms with Crippen molar-refractivity contribution >= 4 is 18.3 Å². The molecule has 1 aliphatic rings. The molecule has 1 aliphatic heterocycles. The summed E-state index contributed by atoms with van der Waals surface area (Å²) >= 11 is 0. The highest BCUT2D eigenvalue weighted by Crippen LogP contribution is 2.35. The van der Waals surface area contributed by atoms with Gasteiger partial charge in [-0.2, -0.15) is 0 Å². The van der Waals surface area contributed by atoms with Crippen molar-refractivity contribution in [3.8, 4) is 0 Å². The second-order valence-electron chi connectivity index (χ2n) is 6.34. The highest BCUT2D eigenvalue weighted by Gasteiger charge is 2.50. The van der Waals surface area contributed by atoms with Gasteiger partial charge in [0.15, 0.2) is 5.82 Å². The fourth-order valence-electron chi connectivity index (χ4n) is 3.26. The Labute approximate surface area is 159 Å². The number of imidazole rings is 1. The second-order valence-corrected chi connectivity index (χ2v) is 6.34. The lowest BCUT2D eigenvalue weighted by Crippen LogP contribution is -2.58. The molecule has 4 N–H and O–H groups in total. The standard InChI is InChI=1S/C17H18FN3O4.CH2O2/c18-12-3-1-2-11(8-12)9-17(16(24)25)10-21(7-4-13(17)22)15(23)14-19-5-6-20-14;2-1-3/h1-3,5-6,8,13,22H,4,7,9-10H2,(H,19,20)(H,24,25);1H,(H,2,3)/t13-,17+;/m0./s1. The summed E-state index contributed by atoms with van der Waals surface area (Å²) in [5, 5.41) is 27.1. The summed E-state index contributed by atoms with van der Waals surface area (Å²) in [5.41, 5.74) is -1.15. The smallest absolute Gasteiger partial charge is 0.314 e. The lowest BCUT2D eigenvalue weighted by atomic mass is 9.72. The van der Waals surface area contributed by atoms with Gasteiger partial charge in [-0.1, -0.05) is 12.1 Å². The number of halogens is 1. The van der Waals surface area contributed by atoms with E-state index in [0.717, 1.165) is 0 Å². The normalized spacial score (nSPS) is 21.4. The first kappa shape index (κ1) is 21.0. The number of nitrogens with one attached hydrogen (secondary N) is 1. The van der Waals surface area contributed by atoms with Gasteiger partial charge in [-0.15, -0.1) is 0 Å². The highest BCUT2D eigenvalue weighted by atomic mass is 19.1. The number of H-pyrrole nitrogens is 1. The van der Waals surface area contributed by atoms with E-state index in [1.54, 1.807) is 6.07 Å². The molecule has 2 heterocycles. The maximum absolute atomic E-state index is 13.4. The molecular formula is C18H20FN3O6. The van der Waals surface area contributed by atoms with E-state index in [1.165, 1.54) is 35.5 Å². The Hall–Kier alpha value is -3.27. The molecular weight excluding hydrogens is 373 g/mol. The zero-order valence-electron chi connectivity index (χ0n) is 14.8. The van der Waals surface area contributed by atoms with Gasteiger partial charge in [-0.3, -0.25) is 14.4 Å². The second kappa shape index (κ2) is 9.09. The van der Waals surface area contributed by atoms with Crippen LogP contribution in [0.15, 0.2) is 36.7 Å². The molecule has 150 valence electrons. The Morgan fingerprint density at radius 3 is 2.71 bits per heavy atom. The first-order valence-corrected chi connectivity index (χ1v) is 8.36.